The summed E-state index contributed by atoms with van der Waals surface area (Å²) in [5, 5.41) is 6.57. The van der Waals surface area contributed by atoms with Gasteiger partial charge in [-0.3, -0.25) is 9.20 Å². The number of carbonyl (C=O) groups excluding carboxylic acids is 2. The Labute approximate surface area is 131 Å². The number of carbonyl (C=O) groups is 2. The summed E-state index contributed by atoms with van der Waals surface area (Å²) < 4.78 is 12.0. The number of amides is 1. The molecule has 1 N–H and O–H groups in total. The molecule has 0 aromatic carbocycles. The normalized spacial score (nSPS) is 13.5. The molecule has 0 fully saturated rings. The topological polar surface area (TPSA) is 104 Å². The third-order valence-electron chi connectivity index (χ3n) is 3.27. The van der Waals surface area contributed by atoms with Crippen molar-refractivity contribution in [3.63, 3.8) is 0 Å². The van der Waals surface area contributed by atoms with Gasteiger partial charge < -0.3 is 14.8 Å². The smallest absolute Gasteiger partial charge is 0.350 e. The zero-order valence-corrected chi connectivity index (χ0v) is 13.1. The van der Waals surface area contributed by atoms with Gasteiger partial charge in [-0.05, 0) is 19.1 Å². The fourth-order valence-electron chi connectivity index (χ4n) is 2.21. The van der Waals surface area contributed by atoms with Gasteiger partial charge in [-0.25, -0.2) is 14.3 Å². The largest absolute Gasteiger partial charge is 0.467 e. The number of nitrogens with zero attached hydrogens (tertiary/aromatic N) is 3. The number of methoxy groups -OCH3 is 2. The van der Waals surface area contributed by atoms with E-state index >= 15 is 0 Å². The average Bonchev–Trinajstić information content (AvgIpc) is 2.83. The van der Waals surface area contributed by atoms with Gasteiger partial charge >= 0.3 is 11.7 Å². The van der Waals surface area contributed by atoms with Crippen molar-refractivity contribution < 1.29 is 19.1 Å². The monoisotopic (exact) mass is 322 g/mol. The van der Waals surface area contributed by atoms with Crippen molar-refractivity contribution in [3.05, 3.63) is 34.9 Å². The van der Waals surface area contributed by atoms with E-state index in [-0.39, 0.29) is 13.2 Å². The number of nitrogens with one attached hydrogen (secondary N) is 1. The van der Waals surface area contributed by atoms with Crippen molar-refractivity contribution in [2.75, 3.05) is 20.8 Å². The first-order valence-electron chi connectivity index (χ1n) is 6.84. The Morgan fingerprint density at radius 2 is 2.09 bits per heavy atom. The van der Waals surface area contributed by atoms with Gasteiger partial charge in [-0.15, -0.1) is 5.10 Å². The Balaban J connectivity index is 2.18. The number of fused-ring (bicyclic) bond motifs is 1. The number of ether oxygens (including phenoxy) is 2. The first-order valence-corrected chi connectivity index (χ1v) is 6.84. The van der Waals surface area contributed by atoms with Crippen LogP contribution >= 0.6 is 0 Å². The van der Waals surface area contributed by atoms with Gasteiger partial charge in [0.05, 0.1) is 13.7 Å². The maximum atomic E-state index is 12.2. The second-order valence-electron chi connectivity index (χ2n) is 5.17. The number of aromatic nitrogens is 3. The van der Waals surface area contributed by atoms with Crippen LogP contribution in [0.1, 0.15) is 6.92 Å². The minimum Gasteiger partial charge on any atom is -0.467 e. The van der Waals surface area contributed by atoms with E-state index in [1.54, 1.807) is 24.4 Å². The Morgan fingerprint density at radius 3 is 2.70 bits per heavy atom. The van der Waals surface area contributed by atoms with Crippen molar-refractivity contribution in [2.45, 2.75) is 19.0 Å². The highest BCUT2D eigenvalue weighted by Gasteiger charge is 2.36. The molecule has 1 atom stereocenters. The van der Waals surface area contributed by atoms with E-state index in [4.69, 9.17) is 4.74 Å². The number of hydrogen-bond acceptors (Lipinski definition) is 6. The molecule has 2 rings (SSSR count). The summed E-state index contributed by atoms with van der Waals surface area (Å²) in [6.07, 6.45) is 1.56. The van der Waals surface area contributed by atoms with E-state index in [1.807, 2.05) is 0 Å². The van der Waals surface area contributed by atoms with E-state index in [2.05, 4.69) is 15.2 Å². The van der Waals surface area contributed by atoms with Crippen LogP contribution in [-0.2, 0) is 25.6 Å². The lowest BCUT2D eigenvalue weighted by Crippen LogP contribution is -2.56. The lowest BCUT2D eigenvalue weighted by Gasteiger charge is -2.26. The molecule has 9 nitrogen and oxygen atoms in total. The van der Waals surface area contributed by atoms with Crippen LogP contribution in [0.25, 0.3) is 5.65 Å². The van der Waals surface area contributed by atoms with E-state index in [1.165, 1.54) is 25.5 Å². The summed E-state index contributed by atoms with van der Waals surface area (Å²) in [5.41, 5.74) is -1.36. The minimum atomic E-state index is -1.34. The van der Waals surface area contributed by atoms with Gasteiger partial charge in [-0.2, -0.15) is 0 Å². The molecule has 0 spiro atoms. The van der Waals surface area contributed by atoms with E-state index in [0.717, 1.165) is 4.68 Å². The Bertz CT molecular complexity index is 781. The maximum absolute atomic E-state index is 12.2. The molecule has 0 bridgehead atoms. The third kappa shape index (κ3) is 3.39. The summed E-state index contributed by atoms with van der Waals surface area (Å²) in [6.45, 7) is 1.09. The Morgan fingerprint density at radius 1 is 1.35 bits per heavy atom. The molecule has 2 heterocycles. The van der Waals surface area contributed by atoms with Crippen molar-refractivity contribution in [2.24, 2.45) is 0 Å². The van der Waals surface area contributed by atoms with Crippen molar-refractivity contribution in [1.82, 2.24) is 19.5 Å². The maximum Gasteiger partial charge on any atom is 0.350 e. The quantitative estimate of drug-likeness (QED) is 0.698. The molecule has 0 radical (unpaired) electrons. The lowest BCUT2D eigenvalue weighted by molar-refractivity contribution is -0.152. The molecule has 0 aliphatic rings. The van der Waals surface area contributed by atoms with E-state index in [0.29, 0.717) is 5.65 Å². The molecule has 1 unspecified atom stereocenters. The molecule has 2 aromatic heterocycles. The molecule has 0 aliphatic heterocycles. The average molecular weight is 322 g/mol. The first kappa shape index (κ1) is 16.7. The first-order chi connectivity index (χ1) is 10.9. The van der Waals surface area contributed by atoms with Gasteiger partial charge in [0.2, 0.25) is 5.91 Å². The molecule has 0 saturated carbocycles. The molecular formula is C14H18N4O5. The summed E-state index contributed by atoms with van der Waals surface area (Å²) in [5.74, 6) is -1.20. The second-order valence-corrected chi connectivity index (χ2v) is 5.17. The van der Waals surface area contributed by atoms with Crippen LogP contribution in [0, 0.1) is 0 Å². The van der Waals surface area contributed by atoms with Crippen molar-refractivity contribution >= 4 is 17.5 Å². The summed E-state index contributed by atoms with van der Waals surface area (Å²) in [6, 6.07) is 5.08. The molecule has 124 valence electrons. The van der Waals surface area contributed by atoms with Crippen molar-refractivity contribution in [1.29, 1.82) is 0 Å². The standard InChI is InChI=1S/C14H18N4O5/c1-14(9-22-2,12(20)23-3)15-11(19)8-18-13(21)17-7-5-4-6-10(17)16-18/h4-7H,8-9H2,1-3H3,(H,15,19). The summed E-state index contributed by atoms with van der Waals surface area (Å²) >= 11 is 0. The van der Waals surface area contributed by atoms with Crippen LogP contribution in [-0.4, -0.2) is 52.4 Å². The van der Waals surface area contributed by atoms with Gasteiger partial charge in [0.1, 0.15) is 6.54 Å². The highest BCUT2D eigenvalue weighted by atomic mass is 16.5. The Hall–Kier alpha value is -2.68. The predicted octanol–water partition coefficient (Wildman–Crippen LogP) is -0.810. The predicted molar refractivity (Wildman–Crippen MR) is 79.9 cm³/mol. The second kappa shape index (κ2) is 6.61. The fourth-order valence-corrected chi connectivity index (χ4v) is 2.21. The molecule has 2 aromatic rings. The number of esters is 1. The summed E-state index contributed by atoms with van der Waals surface area (Å²) in [7, 11) is 2.62. The lowest BCUT2D eigenvalue weighted by atomic mass is 10.0. The number of hydrogen-bond donors (Lipinski definition) is 1. The zero-order valence-electron chi connectivity index (χ0n) is 13.1. The van der Waals surface area contributed by atoms with E-state index < -0.39 is 23.1 Å². The highest BCUT2D eigenvalue weighted by molar-refractivity contribution is 5.87. The van der Waals surface area contributed by atoms with Crippen LogP contribution in [0.4, 0.5) is 0 Å². The van der Waals surface area contributed by atoms with Crippen LogP contribution in [0.15, 0.2) is 29.2 Å². The molecule has 9 heteroatoms. The molecule has 23 heavy (non-hydrogen) atoms. The molecule has 0 saturated heterocycles. The molecule has 0 aliphatic carbocycles. The summed E-state index contributed by atoms with van der Waals surface area (Å²) in [4.78, 5) is 36.1. The zero-order chi connectivity index (χ0) is 17.0. The van der Waals surface area contributed by atoms with Crippen LogP contribution in [0.5, 0.6) is 0 Å². The van der Waals surface area contributed by atoms with Gasteiger partial charge in [0.25, 0.3) is 0 Å². The minimum absolute atomic E-state index is 0.0640. The SMILES string of the molecule is COCC(C)(NC(=O)Cn1nc2ccccn2c1=O)C(=O)OC. The van der Waals surface area contributed by atoms with Gasteiger partial charge in [0, 0.05) is 13.3 Å². The number of rotatable bonds is 6. The fraction of sp³-hybridized carbons (Fsp3) is 0.429. The van der Waals surface area contributed by atoms with Crippen LogP contribution in [0.2, 0.25) is 0 Å². The highest BCUT2D eigenvalue weighted by Crippen LogP contribution is 2.07. The van der Waals surface area contributed by atoms with E-state index in [9.17, 15) is 14.4 Å². The Kier molecular flexibility index (Phi) is 4.80. The molecule has 1 amide bonds. The van der Waals surface area contributed by atoms with Crippen LogP contribution in [0.3, 0.4) is 0 Å². The van der Waals surface area contributed by atoms with Crippen molar-refractivity contribution in [3.8, 4) is 0 Å². The third-order valence-corrected chi connectivity index (χ3v) is 3.27. The van der Waals surface area contributed by atoms with Gasteiger partial charge in [-0.1, -0.05) is 6.07 Å². The van der Waals surface area contributed by atoms with Gasteiger partial charge in [0.15, 0.2) is 11.2 Å². The van der Waals surface area contributed by atoms with Crippen LogP contribution < -0.4 is 11.0 Å². The number of pyridine rings is 1. The molecular weight excluding hydrogens is 304 g/mol.